The molecule has 0 spiro atoms. The standard InChI is InChI=1S/C12H12ClN3O2/c13-9-3-1-8(2-4-9)12-14-11(15-18-12)7-16-5-10(17)6-16/h1-4,10,17H,5-7H2. The number of aliphatic hydroxyl groups is 1. The number of β-amino-alcohol motifs (C(OH)–C–C–N with tert-alkyl or cyclic N) is 1. The molecular weight excluding hydrogens is 254 g/mol. The van der Waals surface area contributed by atoms with Crippen LogP contribution in [0.2, 0.25) is 5.02 Å². The number of nitrogens with zero attached hydrogens (tertiary/aromatic N) is 3. The summed E-state index contributed by atoms with van der Waals surface area (Å²) in [6.45, 7) is 1.95. The number of hydrogen-bond acceptors (Lipinski definition) is 5. The fourth-order valence-corrected chi connectivity index (χ4v) is 2.03. The van der Waals surface area contributed by atoms with Gasteiger partial charge in [-0.15, -0.1) is 0 Å². The normalized spacial score (nSPS) is 16.8. The highest BCUT2D eigenvalue weighted by Crippen LogP contribution is 2.20. The van der Waals surface area contributed by atoms with Crippen LogP contribution in [-0.2, 0) is 6.54 Å². The average Bonchev–Trinajstić information content (AvgIpc) is 2.77. The first kappa shape index (κ1) is 11.6. The minimum Gasteiger partial charge on any atom is -0.390 e. The largest absolute Gasteiger partial charge is 0.390 e. The summed E-state index contributed by atoms with van der Waals surface area (Å²) >= 11 is 5.82. The van der Waals surface area contributed by atoms with Gasteiger partial charge in [0.2, 0.25) is 0 Å². The monoisotopic (exact) mass is 265 g/mol. The van der Waals surface area contributed by atoms with Crippen LogP contribution < -0.4 is 0 Å². The zero-order valence-electron chi connectivity index (χ0n) is 9.58. The predicted octanol–water partition coefficient (Wildman–Crippen LogP) is 1.57. The predicted molar refractivity (Wildman–Crippen MR) is 66.0 cm³/mol. The molecule has 3 rings (SSSR count). The molecule has 1 aliphatic heterocycles. The molecule has 18 heavy (non-hydrogen) atoms. The Bertz CT molecular complexity index is 535. The second-order valence-electron chi connectivity index (χ2n) is 4.37. The summed E-state index contributed by atoms with van der Waals surface area (Å²) in [6, 6.07) is 7.25. The molecule has 1 saturated heterocycles. The zero-order chi connectivity index (χ0) is 12.5. The van der Waals surface area contributed by atoms with Crippen LogP contribution in [0.1, 0.15) is 5.82 Å². The highest BCUT2D eigenvalue weighted by Gasteiger charge is 2.25. The van der Waals surface area contributed by atoms with Gasteiger partial charge in [0, 0.05) is 23.7 Å². The number of halogens is 1. The summed E-state index contributed by atoms with van der Waals surface area (Å²) in [4.78, 5) is 6.37. The zero-order valence-corrected chi connectivity index (χ0v) is 10.3. The van der Waals surface area contributed by atoms with Gasteiger partial charge < -0.3 is 9.63 Å². The summed E-state index contributed by atoms with van der Waals surface area (Å²) < 4.78 is 5.19. The summed E-state index contributed by atoms with van der Waals surface area (Å²) in [7, 11) is 0. The molecule has 0 aliphatic carbocycles. The molecule has 0 amide bonds. The maximum atomic E-state index is 9.19. The molecular formula is C12H12ClN3O2. The van der Waals surface area contributed by atoms with E-state index in [1.807, 2.05) is 12.1 Å². The van der Waals surface area contributed by atoms with E-state index in [4.69, 9.17) is 16.1 Å². The van der Waals surface area contributed by atoms with Crippen molar-refractivity contribution in [1.82, 2.24) is 15.0 Å². The third-order valence-corrected chi connectivity index (χ3v) is 3.11. The van der Waals surface area contributed by atoms with Crippen molar-refractivity contribution < 1.29 is 9.63 Å². The van der Waals surface area contributed by atoms with Crippen LogP contribution in [0.25, 0.3) is 11.5 Å². The van der Waals surface area contributed by atoms with Gasteiger partial charge in [-0.3, -0.25) is 4.90 Å². The molecule has 0 bridgehead atoms. The van der Waals surface area contributed by atoms with Gasteiger partial charge in [-0.2, -0.15) is 4.98 Å². The van der Waals surface area contributed by atoms with Crippen LogP contribution >= 0.6 is 11.6 Å². The van der Waals surface area contributed by atoms with Crippen LogP contribution in [0.5, 0.6) is 0 Å². The third-order valence-electron chi connectivity index (χ3n) is 2.86. The summed E-state index contributed by atoms with van der Waals surface area (Å²) in [5, 5.41) is 13.8. The van der Waals surface area contributed by atoms with Crippen molar-refractivity contribution in [2.45, 2.75) is 12.6 Å². The summed E-state index contributed by atoms with van der Waals surface area (Å²) in [5.41, 5.74) is 0.849. The smallest absolute Gasteiger partial charge is 0.257 e. The lowest BCUT2D eigenvalue weighted by Gasteiger charge is -2.34. The van der Waals surface area contributed by atoms with Gasteiger partial charge in [-0.05, 0) is 24.3 Å². The van der Waals surface area contributed by atoms with Gasteiger partial charge in [-0.25, -0.2) is 0 Å². The SMILES string of the molecule is OC1CN(Cc2noc(-c3ccc(Cl)cc3)n2)C1. The fourth-order valence-electron chi connectivity index (χ4n) is 1.90. The lowest BCUT2D eigenvalue weighted by molar-refractivity contribution is -0.00461. The number of likely N-dealkylation sites (tertiary alicyclic amines) is 1. The number of aliphatic hydroxyl groups excluding tert-OH is 1. The van der Waals surface area contributed by atoms with E-state index in [1.54, 1.807) is 12.1 Å². The topological polar surface area (TPSA) is 62.4 Å². The van der Waals surface area contributed by atoms with Crippen LogP contribution in [-0.4, -0.2) is 39.3 Å². The van der Waals surface area contributed by atoms with Gasteiger partial charge in [0.25, 0.3) is 5.89 Å². The molecule has 2 aromatic rings. The van der Waals surface area contributed by atoms with E-state index in [1.165, 1.54) is 0 Å². The van der Waals surface area contributed by atoms with Crippen LogP contribution in [0.4, 0.5) is 0 Å². The molecule has 6 heteroatoms. The lowest BCUT2D eigenvalue weighted by Crippen LogP contribution is -2.49. The van der Waals surface area contributed by atoms with Gasteiger partial charge in [0.05, 0.1) is 12.6 Å². The van der Waals surface area contributed by atoms with E-state index < -0.39 is 0 Å². The van der Waals surface area contributed by atoms with Crippen LogP contribution in [0, 0.1) is 0 Å². The van der Waals surface area contributed by atoms with E-state index in [0.29, 0.717) is 36.4 Å². The van der Waals surface area contributed by atoms with Crippen molar-refractivity contribution in [3.8, 4) is 11.5 Å². The number of benzene rings is 1. The Balaban J connectivity index is 1.71. The molecule has 94 valence electrons. The Labute approximate surface area is 109 Å². The molecule has 0 saturated carbocycles. The molecule has 2 heterocycles. The second-order valence-corrected chi connectivity index (χ2v) is 4.81. The Morgan fingerprint density at radius 3 is 2.72 bits per heavy atom. The molecule has 1 aromatic heterocycles. The van der Waals surface area contributed by atoms with Crippen LogP contribution in [0.3, 0.4) is 0 Å². The van der Waals surface area contributed by atoms with E-state index in [0.717, 1.165) is 5.56 Å². The quantitative estimate of drug-likeness (QED) is 0.913. The van der Waals surface area contributed by atoms with Crippen molar-refractivity contribution in [2.75, 3.05) is 13.1 Å². The van der Waals surface area contributed by atoms with E-state index in [9.17, 15) is 5.11 Å². The molecule has 0 atom stereocenters. The Morgan fingerprint density at radius 1 is 1.33 bits per heavy atom. The van der Waals surface area contributed by atoms with Gasteiger partial charge >= 0.3 is 0 Å². The van der Waals surface area contributed by atoms with Crippen molar-refractivity contribution in [1.29, 1.82) is 0 Å². The maximum absolute atomic E-state index is 9.19. The highest BCUT2D eigenvalue weighted by molar-refractivity contribution is 6.30. The third kappa shape index (κ3) is 2.38. The average molecular weight is 266 g/mol. The van der Waals surface area contributed by atoms with Crippen molar-refractivity contribution >= 4 is 11.6 Å². The number of aromatic nitrogens is 2. The number of hydrogen-bond donors (Lipinski definition) is 1. The Kier molecular flexibility index (Phi) is 3.03. The summed E-state index contributed by atoms with van der Waals surface area (Å²) in [5.74, 6) is 1.12. The van der Waals surface area contributed by atoms with Crippen molar-refractivity contribution in [2.24, 2.45) is 0 Å². The van der Waals surface area contributed by atoms with E-state index in [-0.39, 0.29) is 6.10 Å². The Morgan fingerprint density at radius 2 is 2.06 bits per heavy atom. The fraction of sp³-hybridized carbons (Fsp3) is 0.333. The second kappa shape index (κ2) is 4.68. The molecule has 1 aromatic carbocycles. The summed E-state index contributed by atoms with van der Waals surface area (Å²) in [6.07, 6.45) is -0.215. The van der Waals surface area contributed by atoms with Crippen molar-refractivity contribution in [3.05, 3.63) is 35.1 Å². The molecule has 1 aliphatic rings. The van der Waals surface area contributed by atoms with E-state index >= 15 is 0 Å². The van der Waals surface area contributed by atoms with Gasteiger partial charge in [-0.1, -0.05) is 16.8 Å². The first-order valence-corrected chi connectivity index (χ1v) is 6.07. The van der Waals surface area contributed by atoms with Crippen LogP contribution in [0.15, 0.2) is 28.8 Å². The van der Waals surface area contributed by atoms with Gasteiger partial charge in [0.15, 0.2) is 5.82 Å². The minimum atomic E-state index is -0.215. The maximum Gasteiger partial charge on any atom is 0.257 e. The lowest BCUT2D eigenvalue weighted by atomic mass is 10.2. The molecule has 1 N–H and O–H groups in total. The van der Waals surface area contributed by atoms with Gasteiger partial charge in [0.1, 0.15) is 0 Å². The molecule has 0 unspecified atom stereocenters. The first-order valence-electron chi connectivity index (χ1n) is 5.69. The van der Waals surface area contributed by atoms with E-state index in [2.05, 4.69) is 15.0 Å². The molecule has 5 nitrogen and oxygen atoms in total. The molecule has 1 fully saturated rings. The highest BCUT2D eigenvalue weighted by atomic mass is 35.5. The first-order chi connectivity index (χ1) is 8.70. The van der Waals surface area contributed by atoms with Crippen molar-refractivity contribution in [3.63, 3.8) is 0 Å². The minimum absolute atomic E-state index is 0.215. The Hall–Kier alpha value is -1.43. The number of rotatable bonds is 3. The molecule has 0 radical (unpaired) electrons.